The predicted octanol–water partition coefficient (Wildman–Crippen LogP) is 2.81. The normalized spacial score (nSPS) is 15.8. The van der Waals surface area contributed by atoms with Crippen molar-refractivity contribution in [2.24, 2.45) is 4.99 Å². The standard InChI is InChI=1S/C20H28N6/c1-15(17-7-6-8-19(13-17)26-11-4-5-12-26)24-20(21-3)23-14-18-9-10-22-16(2)25-18/h6-10,13,15H,4-5,11-12,14H2,1-3H3,(H2,21,23,24). The molecule has 3 rings (SSSR count). The molecule has 0 bridgehead atoms. The summed E-state index contributed by atoms with van der Waals surface area (Å²) in [5.74, 6) is 1.54. The molecule has 1 unspecified atom stereocenters. The number of guanidine groups is 1. The number of aryl methyl sites for hydroxylation is 1. The molecule has 0 saturated carbocycles. The van der Waals surface area contributed by atoms with Crippen molar-refractivity contribution in [1.82, 2.24) is 20.6 Å². The van der Waals surface area contributed by atoms with E-state index in [0.717, 1.165) is 30.6 Å². The van der Waals surface area contributed by atoms with Crippen LogP contribution in [0.2, 0.25) is 0 Å². The highest BCUT2D eigenvalue weighted by Crippen LogP contribution is 2.23. The number of nitrogens with one attached hydrogen (secondary N) is 2. The Morgan fingerprint density at radius 2 is 2.08 bits per heavy atom. The second kappa shape index (κ2) is 8.65. The van der Waals surface area contributed by atoms with E-state index in [-0.39, 0.29) is 6.04 Å². The zero-order chi connectivity index (χ0) is 18.4. The van der Waals surface area contributed by atoms with Gasteiger partial charge < -0.3 is 15.5 Å². The van der Waals surface area contributed by atoms with Crippen molar-refractivity contribution in [1.29, 1.82) is 0 Å². The summed E-state index contributed by atoms with van der Waals surface area (Å²) in [6.07, 6.45) is 4.36. The molecule has 2 aromatic rings. The van der Waals surface area contributed by atoms with Crippen LogP contribution in [0, 0.1) is 6.92 Å². The van der Waals surface area contributed by atoms with Crippen LogP contribution >= 0.6 is 0 Å². The first kappa shape index (κ1) is 18.2. The van der Waals surface area contributed by atoms with Crippen LogP contribution in [0.4, 0.5) is 5.69 Å². The van der Waals surface area contributed by atoms with Crippen LogP contribution in [0.15, 0.2) is 41.5 Å². The van der Waals surface area contributed by atoms with Crippen molar-refractivity contribution in [3.8, 4) is 0 Å². The summed E-state index contributed by atoms with van der Waals surface area (Å²) in [4.78, 5) is 15.3. The second-order valence-corrected chi connectivity index (χ2v) is 6.68. The second-order valence-electron chi connectivity index (χ2n) is 6.68. The third-order valence-electron chi connectivity index (χ3n) is 4.69. The van der Waals surface area contributed by atoms with Crippen molar-refractivity contribution in [3.05, 3.63) is 53.6 Å². The van der Waals surface area contributed by atoms with E-state index >= 15 is 0 Å². The molecule has 6 nitrogen and oxygen atoms in total. The van der Waals surface area contributed by atoms with E-state index in [9.17, 15) is 0 Å². The third kappa shape index (κ3) is 4.71. The molecule has 1 aromatic carbocycles. The average Bonchev–Trinajstić information content (AvgIpc) is 3.20. The Hall–Kier alpha value is -2.63. The van der Waals surface area contributed by atoms with Gasteiger partial charge in [0.25, 0.3) is 0 Å². The van der Waals surface area contributed by atoms with Crippen molar-refractivity contribution in [2.75, 3.05) is 25.0 Å². The Morgan fingerprint density at radius 1 is 1.27 bits per heavy atom. The van der Waals surface area contributed by atoms with E-state index in [0.29, 0.717) is 6.54 Å². The van der Waals surface area contributed by atoms with E-state index in [4.69, 9.17) is 0 Å². The van der Waals surface area contributed by atoms with Gasteiger partial charge in [-0.15, -0.1) is 0 Å². The maximum atomic E-state index is 4.41. The summed E-state index contributed by atoms with van der Waals surface area (Å²) in [7, 11) is 1.79. The van der Waals surface area contributed by atoms with Crippen LogP contribution in [0.5, 0.6) is 0 Å². The first-order chi connectivity index (χ1) is 12.7. The van der Waals surface area contributed by atoms with Crippen LogP contribution < -0.4 is 15.5 Å². The van der Waals surface area contributed by atoms with E-state index < -0.39 is 0 Å². The molecule has 0 aliphatic carbocycles. The average molecular weight is 352 g/mol. The molecule has 0 spiro atoms. The largest absolute Gasteiger partial charge is 0.372 e. The van der Waals surface area contributed by atoms with Gasteiger partial charge in [0.2, 0.25) is 0 Å². The molecule has 138 valence electrons. The Balaban J connectivity index is 1.60. The van der Waals surface area contributed by atoms with Crippen LogP contribution in [0.1, 0.15) is 42.9 Å². The van der Waals surface area contributed by atoms with Gasteiger partial charge in [0.1, 0.15) is 5.82 Å². The Morgan fingerprint density at radius 3 is 2.81 bits per heavy atom. The Labute approximate surface area is 155 Å². The van der Waals surface area contributed by atoms with Gasteiger partial charge in [0, 0.05) is 32.0 Å². The predicted molar refractivity (Wildman–Crippen MR) is 106 cm³/mol. The Kier molecular flexibility index (Phi) is 6.04. The van der Waals surface area contributed by atoms with Gasteiger partial charge in [-0.3, -0.25) is 4.99 Å². The molecule has 6 heteroatoms. The minimum atomic E-state index is 0.163. The van der Waals surface area contributed by atoms with Crippen LogP contribution in [0.3, 0.4) is 0 Å². The molecular formula is C20H28N6. The van der Waals surface area contributed by atoms with Gasteiger partial charge in [-0.05, 0) is 50.5 Å². The van der Waals surface area contributed by atoms with E-state index in [1.165, 1.54) is 24.1 Å². The number of hydrogen-bond donors (Lipinski definition) is 2. The van der Waals surface area contributed by atoms with Crippen molar-refractivity contribution < 1.29 is 0 Å². The summed E-state index contributed by atoms with van der Waals surface area (Å²) in [6, 6.07) is 10.9. The maximum absolute atomic E-state index is 4.41. The molecule has 1 aliphatic rings. The van der Waals surface area contributed by atoms with Crippen LogP contribution in [0.25, 0.3) is 0 Å². The number of rotatable bonds is 5. The van der Waals surface area contributed by atoms with Crippen molar-refractivity contribution in [3.63, 3.8) is 0 Å². The van der Waals surface area contributed by atoms with Gasteiger partial charge in [0.15, 0.2) is 5.96 Å². The fourth-order valence-corrected chi connectivity index (χ4v) is 3.23. The van der Waals surface area contributed by atoms with E-state index in [1.807, 2.05) is 13.0 Å². The first-order valence-corrected chi connectivity index (χ1v) is 9.26. The maximum Gasteiger partial charge on any atom is 0.191 e. The number of hydrogen-bond acceptors (Lipinski definition) is 4. The summed E-state index contributed by atoms with van der Waals surface area (Å²) in [5, 5.41) is 6.78. The number of anilines is 1. The third-order valence-corrected chi connectivity index (χ3v) is 4.69. The molecule has 0 amide bonds. The lowest BCUT2D eigenvalue weighted by Gasteiger charge is -2.22. The molecule has 2 heterocycles. The van der Waals surface area contributed by atoms with E-state index in [1.54, 1.807) is 13.2 Å². The van der Waals surface area contributed by atoms with Gasteiger partial charge in [-0.2, -0.15) is 0 Å². The summed E-state index contributed by atoms with van der Waals surface area (Å²) in [6.45, 7) is 6.99. The minimum Gasteiger partial charge on any atom is -0.372 e. The molecule has 1 aromatic heterocycles. The molecule has 1 fully saturated rings. The zero-order valence-corrected chi connectivity index (χ0v) is 15.9. The van der Waals surface area contributed by atoms with Gasteiger partial charge in [0.05, 0.1) is 18.3 Å². The highest BCUT2D eigenvalue weighted by molar-refractivity contribution is 5.80. The van der Waals surface area contributed by atoms with E-state index in [2.05, 4.69) is 61.7 Å². The SMILES string of the molecule is CN=C(NCc1ccnc(C)n1)NC(C)c1cccc(N2CCCC2)c1. The summed E-state index contributed by atoms with van der Waals surface area (Å²) < 4.78 is 0. The first-order valence-electron chi connectivity index (χ1n) is 9.26. The highest BCUT2D eigenvalue weighted by Gasteiger charge is 2.14. The highest BCUT2D eigenvalue weighted by atomic mass is 15.2. The lowest BCUT2D eigenvalue weighted by Crippen LogP contribution is -2.38. The van der Waals surface area contributed by atoms with Crippen molar-refractivity contribution in [2.45, 2.75) is 39.3 Å². The van der Waals surface area contributed by atoms with Gasteiger partial charge >= 0.3 is 0 Å². The fraction of sp³-hybridized carbons (Fsp3) is 0.450. The quantitative estimate of drug-likeness (QED) is 0.640. The molecule has 1 saturated heterocycles. The van der Waals surface area contributed by atoms with Crippen LogP contribution in [-0.2, 0) is 6.54 Å². The zero-order valence-electron chi connectivity index (χ0n) is 15.9. The molecule has 1 atom stereocenters. The fourth-order valence-electron chi connectivity index (χ4n) is 3.23. The molecule has 2 N–H and O–H groups in total. The monoisotopic (exact) mass is 352 g/mol. The smallest absolute Gasteiger partial charge is 0.191 e. The molecule has 0 radical (unpaired) electrons. The summed E-state index contributed by atoms with van der Waals surface area (Å²) >= 11 is 0. The van der Waals surface area contributed by atoms with Crippen LogP contribution in [-0.4, -0.2) is 36.1 Å². The molecule has 26 heavy (non-hydrogen) atoms. The number of nitrogens with zero attached hydrogens (tertiary/aromatic N) is 4. The van der Waals surface area contributed by atoms with Gasteiger partial charge in [-0.25, -0.2) is 9.97 Å². The lowest BCUT2D eigenvalue weighted by atomic mass is 10.1. The summed E-state index contributed by atoms with van der Waals surface area (Å²) in [5.41, 5.74) is 3.52. The molecule has 1 aliphatic heterocycles. The lowest BCUT2D eigenvalue weighted by molar-refractivity contribution is 0.681. The van der Waals surface area contributed by atoms with Gasteiger partial charge in [-0.1, -0.05) is 12.1 Å². The minimum absolute atomic E-state index is 0.163. The molecular weight excluding hydrogens is 324 g/mol. The van der Waals surface area contributed by atoms with Crippen molar-refractivity contribution >= 4 is 11.6 Å². The number of aliphatic imine (C=N–C) groups is 1. The number of aromatic nitrogens is 2. The Bertz CT molecular complexity index is 751. The topological polar surface area (TPSA) is 65.4 Å². The number of benzene rings is 1.